The molecule has 5 nitrogen and oxygen atoms in total. The van der Waals surface area contributed by atoms with E-state index < -0.39 is 0 Å². The number of hydrogen-bond donors (Lipinski definition) is 1. The zero-order valence-corrected chi connectivity index (χ0v) is 17.2. The number of benzene rings is 1. The van der Waals surface area contributed by atoms with Gasteiger partial charge in [-0.1, -0.05) is 36.4 Å². The molecule has 0 spiro atoms. The largest absolute Gasteiger partial charge is 0.473 e. The molecular formula is C22H26N4OS. The summed E-state index contributed by atoms with van der Waals surface area (Å²) >= 11 is 1.79. The van der Waals surface area contributed by atoms with Gasteiger partial charge >= 0.3 is 0 Å². The Hall–Kier alpha value is -2.86. The number of ether oxygens (including phenoxy) is 1. The third-order valence-electron chi connectivity index (χ3n) is 4.33. The Labute approximate surface area is 170 Å². The van der Waals surface area contributed by atoms with Gasteiger partial charge in [0.05, 0.1) is 0 Å². The quantitative estimate of drug-likeness (QED) is 0.464. The van der Waals surface area contributed by atoms with Crippen molar-refractivity contribution in [3.63, 3.8) is 0 Å². The molecular weight excluding hydrogens is 368 g/mol. The number of pyridine rings is 1. The van der Waals surface area contributed by atoms with Gasteiger partial charge in [0.2, 0.25) is 5.88 Å². The normalized spacial score (nSPS) is 11.3. The van der Waals surface area contributed by atoms with Crippen LogP contribution in [-0.4, -0.2) is 36.5 Å². The van der Waals surface area contributed by atoms with E-state index in [0.29, 0.717) is 19.0 Å². The molecule has 0 atom stereocenters. The predicted octanol–water partition coefficient (Wildman–Crippen LogP) is 3.97. The summed E-state index contributed by atoms with van der Waals surface area (Å²) in [5, 5.41) is 5.53. The van der Waals surface area contributed by atoms with Crippen molar-refractivity contribution in [2.24, 2.45) is 4.99 Å². The van der Waals surface area contributed by atoms with Crippen LogP contribution >= 0.6 is 11.3 Å². The standard InChI is InChI=1S/C22H26N4OS/c1-23-22(26(2)13-11-20-9-6-14-28-20)25-16-19-10-12-24-21(15-19)27-17-18-7-4-3-5-8-18/h3-10,12,14-15H,11,13,16-17H2,1-2H3,(H,23,25). The summed E-state index contributed by atoms with van der Waals surface area (Å²) in [6.07, 6.45) is 2.79. The first kappa shape index (κ1) is 19.9. The second-order valence-corrected chi connectivity index (χ2v) is 7.46. The number of thiophene rings is 1. The number of aliphatic imine (C=N–C) groups is 1. The first-order valence-electron chi connectivity index (χ1n) is 9.30. The van der Waals surface area contributed by atoms with Crippen molar-refractivity contribution in [1.29, 1.82) is 0 Å². The zero-order valence-electron chi connectivity index (χ0n) is 16.3. The van der Waals surface area contributed by atoms with Gasteiger partial charge in [-0.15, -0.1) is 11.3 Å². The topological polar surface area (TPSA) is 49.8 Å². The molecule has 0 aliphatic carbocycles. The monoisotopic (exact) mass is 394 g/mol. The number of likely N-dealkylation sites (N-methyl/N-ethyl adjacent to an activating group) is 1. The molecule has 0 saturated heterocycles. The van der Waals surface area contributed by atoms with Gasteiger partial charge in [0, 0.05) is 44.3 Å². The highest BCUT2D eigenvalue weighted by Crippen LogP contribution is 2.12. The molecule has 0 fully saturated rings. The maximum Gasteiger partial charge on any atom is 0.213 e. The van der Waals surface area contributed by atoms with E-state index in [9.17, 15) is 0 Å². The van der Waals surface area contributed by atoms with Crippen molar-refractivity contribution in [3.8, 4) is 5.88 Å². The summed E-state index contributed by atoms with van der Waals surface area (Å²) in [7, 11) is 3.87. The van der Waals surface area contributed by atoms with E-state index in [0.717, 1.165) is 30.1 Å². The van der Waals surface area contributed by atoms with Gasteiger partial charge in [-0.25, -0.2) is 4.98 Å². The molecule has 0 bridgehead atoms. The fourth-order valence-electron chi connectivity index (χ4n) is 2.78. The van der Waals surface area contributed by atoms with Crippen LogP contribution in [-0.2, 0) is 19.6 Å². The van der Waals surface area contributed by atoms with Crippen molar-refractivity contribution in [1.82, 2.24) is 15.2 Å². The minimum atomic E-state index is 0.512. The Morgan fingerprint density at radius 1 is 1.14 bits per heavy atom. The lowest BCUT2D eigenvalue weighted by atomic mass is 10.2. The molecule has 3 aromatic rings. The molecule has 146 valence electrons. The van der Waals surface area contributed by atoms with Gasteiger partial charge in [-0.05, 0) is 35.1 Å². The molecule has 2 aromatic heterocycles. The van der Waals surface area contributed by atoms with E-state index >= 15 is 0 Å². The van der Waals surface area contributed by atoms with Crippen LogP contribution < -0.4 is 10.1 Å². The fraction of sp³-hybridized carbons (Fsp3) is 0.273. The van der Waals surface area contributed by atoms with E-state index in [4.69, 9.17) is 4.74 Å². The Kier molecular flexibility index (Phi) is 7.44. The van der Waals surface area contributed by atoms with Gasteiger partial charge in [-0.2, -0.15) is 0 Å². The molecule has 0 radical (unpaired) electrons. The van der Waals surface area contributed by atoms with Crippen molar-refractivity contribution < 1.29 is 4.74 Å². The first-order valence-corrected chi connectivity index (χ1v) is 10.2. The molecule has 0 aliphatic heterocycles. The number of rotatable bonds is 8. The van der Waals surface area contributed by atoms with Crippen LogP contribution in [0, 0.1) is 0 Å². The molecule has 0 aliphatic rings. The van der Waals surface area contributed by atoms with Crippen LogP contribution in [0.5, 0.6) is 5.88 Å². The number of aromatic nitrogens is 1. The lowest BCUT2D eigenvalue weighted by Gasteiger charge is -2.22. The Morgan fingerprint density at radius 3 is 2.75 bits per heavy atom. The number of nitrogens with one attached hydrogen (secondary N) is 1. The van der Waals surface area contributed by atoms with E-state index in [1.165, 1.54) is 4.88 Å². The molecule has 0 saturated carbocycles. The smallest absolute Gasteiger partial charge is 0.213 e. The Bertz CT molecular complexity index is 865. The maximum atomic E-state index is 5.81. The molecule has 6 heteroatoms. The van der Waals surface area contributed by atoms with Gasteiger partial charge in [0.1, 0.15) is 6.61 Å². The minimum Gasteiger partial charge on any atom is -0.473 e. The van der Waals surface area contributed by atoms with Crippen LogP contribution in [0.4, 0.5) is 0 Å². The summed E-state index contributed by atoms with van der Waals surface area (Å²) in [5.41, 5.74) is 2.23. The second kappa shape index (κ2) is 10.5. The maximum absolute atomic E-state index is 5.81. The van der Waals surface area contributed by atoms with E-state index in [2.05, 4.69) is 44.8 Å². The van der Waals surface area contributed by atoms with Gasteiger partial charge in [0.15, 0.2) is 5.96 Å². The lowest BCUT2D eigenvalue weighted by Crippen LogP contribution is -2.39. The van der Waals surface area contributed by atoms with Crippen LogP contribution in [0.15, 0.2) is 71.2 Å². The van der Waals surface area contributed by atoms with Crippen molar-refractivity contribution in [2.75, 3.05) is 20.6 Å². The van der Waals surface area contributed by atoms with Crippen molar-refractivity contribution in [3.05, 3.63) is 82.2 Å². The molecule has 0 unspecified atom stereocenters. The van der Waals surface area contributed by atoms with Crippen LogP contribution in [0.3, 0.4) is 0 Å². The van der Waals surface area contributed by atoms with E-state index in [1.807, 2.05) is 49.5 Å². The highest BCUT2D eigenvalue weighted by molar-refractivity contribution is 7.09. The van der Waals surface area contributed by atoms with Gasteiger partial charge in [-0.3, -0.25) is 4.99 Å². The molecule has 1 aromatic carbocycles. The molecule has 3 rings (SSSR count). The highest BCUT2D eigenvalue weighted by atomic mass is 32.1. The third-order valence-corrected chi connectivity index (χ3v) is 5.26. The van der Waals surface area contributed by atoms with E-state index in [-0.39, 0.29) is 0 Å². The van der Waals surface area contributed by atoms with Crippen LogP contribution in [0.25, 0.3) is 0 Å². The molecule has 1 N–H and O–H groups in total. The summed E-state index contributed by atoms with van der Waals surface area (Å²) in [6, 6.07) is 18.3. The summed E-state index contributed by atoms with van der Waals surface area (Å²) in [5.74, 6) is 1.50. The lowest BCUT2D eigenvalue weighted by molar-refractivity contribution is 0.293. The van der Waals surface area contributed by atoms with Crippen LogP contribution in [0.2, 0.25) is 0 Å². The Morgan fingerprint density at radius 2 is 2.00 bits per heavy atom. The summed E-state index contributed by atoms with van der Waals surface area (Å²) < 4.78 is 5.81. The summed E-state index contributed by atoms with van der Waals surface area (Å²) in [4.78, 5) is 12.2. The zero-order chi connectivity index (χ0) is 19.6. The average Bonchev–Trinajstić information content (AvgIpc) is 3.26. The van der Waals surface area contributed by atoms with Gasteiger partial charge in [0.25, 0.3) is 0 Å². The number of nitrogens with zero attached hydrogens (tertiary/aromatic N) is 3. The first-order chi connectivity index (χ1) is 13.7. The highest BCUT2D eigenvalue weighted by Gasteiger charge is 2.07. The number of hydrogen-bond acceptors (Lipinski definition) is 4. The van der Waals surface area contributed by atoms with Crippen molar-refractivity contribution in [2.45, 2.75) is 19.6 Å². The number of guanidine groups is 1. The van der Waals surface area contributed by atoms with E-state index in [1.54, 1.807) is 17.5 Å². The van der Waals surface area contributed by atoms with Gasteiger partial charge < -0.3 is 15.0 Å². The SMILES string of the molecule is CN=C(NCc1ccnc(OCc2ccccc2)c1)N(C)CCc1cccs1. The second-order valence-electron chi connectivity index (χ2n) is 6.43. The fourth-order valence-corrected chi connectivity index (χ4v) is 3.47. The molecule has 28 heavy (non-hydrogen) atoms. The third kappa shape index (κ3) is 6.09. The predicted molar refractivity (Wildman–Crippen MR) is 116 cm³/mol. The summed E-state index contributed by atoms with van der Waals surface area (Å²) in [6.45, 7) is 2.10. The van der Waals surface area contributed by atoms with Crippen LogP contribution in [0.1, 0.15) is 16.0 Å². The molecule has 0 amide bonds. The average molecular weight is 395 g/mol. The minimum absolute atomic E-state index is 0.512. The Balaban J connectivity index is 1.49. The van der Waals surface area contributed by atoms with Crippen molar-refractivity contribution >= 4 is 17.3 Å². The molecule has 2 heterocycles.